The summed E-state index contributed by atoms with van der Waals surface area (Å²) in [5, 5.41) is 10.4. The van der Waals surface area contributed by atoms with Crippen LogP contribution in [0.3, 0.4) is 0 Å². The first-order valence-electron chi connectivity index (χ1n) is 15.5. The van der Waals surface area contributed by atoms with Crippen molar-refractivity contribution in [3.63, 3.8) is 0 Å². The minimum atomic E-state index is 0.721. The Balaban J connectivity index is 1.23. The Bertz CT molecular complexity index is 2740. The number of fused-ring (bicyclic) bond motifs is 12. The second-order valence-corrected chi connectivity index (χ2v) is 12.9. The SMILES string of the molecule is c1ccc(-c2cc(-c3ccc4c(c3)[nH]c3ccc5c6sc7ccccc7c6c6ccccc6c5c34)nc(-c3ccccc3)n2)cc1. The van der Waals surface area contributed by atoms with E-state index in [2.05, 4.69) is 126 Å². The summed E-state index contributed by atoms with van der Waals surface area (Å²) in [5.41, 5.74) is 7.17. The van der Waals surface area contributed by atoms with E-state index < -0.39 is 0 Å². The van der Waals surface area contributed by atoms with E-state index in [1.165, 1.54) is 52.5 Å². The fraction of sp³-hybridized carbons (Fsp3) is 0. The Labute approximate surface area is 268 Å². The van der Waals surface area contributed by atoms with Crippen LogP contribution in [0.2, 0.25) is 0 Å². The lowest BCUT2D eigenvalue weighted by Gasteiger charge is -2.10. The highest BCUT2D eigenvalue weighted by Crippen LogP contribution is 2.47. The summed E-state index contributed by atoms with van der Waals surface area (Å²) in [6.07, 6.45) is 0. The van der Waals surface area contributed by atoms with Crippen molar-refractivity contribution < 1.29 is 0 Å². The fourth-order valence-corrected chi connectivity index (χ4v) is 8.36. The highest BCUT2D eigenvalue weighted by Gasteiger charge is 2.18. The number of aromatic amines is 1. The molecular formula is C42H25N3S. The third-order valence-corrected chi connectivity index (χ3v) is 10.4. The van der Waals surface area contributed by atoms with Gasteiger partial charge >= 0.3 is 0 Å². The van der Waals surface area contributed by atoms with Gasteiger partial charge in [0.1, 0.15) is 0 Å². The zero-order valence-electron chi connectivity index (χ0n) is 24.7. The summed E-state index contributed by atoms with van der Waals surface area (Å²) in [6, 6.07) is 51.6. The van der Waals surface area contributed by atoms with Crippen LogP contribution in [0.15, 0.2) is 146 Å². The molecule has 0 bridgehead atoms. The van der Waals surface area contributed by atoms with Gasteiger partial charge in [-0.05, 0) is 35.0 Å². The molecule has 3 nitrogen and oxygen atoms in total. The molecule has 0 saturated heterocycles. The van der Waals surface area contributed by atoms with Gasteiger partial charge in [0.2, 0.25) is 0 Å². The zero-order chi connectivity index (χ0) is 30.2. The number of nitrogens with one attached hydrogen (secondary N) is 1. The lowest BCUT2D eigenvalue weighted by Crippen LogP contribution is -1.95. The van der Waals surface area contributed by atoms with Crippen molar-refractivity contribution in [2.24, 2.45) is 0 Å². The van der Waals surface area contributed by atoms with Crippen molar-refractivity contribution in [2.45, 2.75) is 0 Å². The lowest BCUT2D eigenvalue weighted by molar-refractivity contribution is 1.18. The maximum atomic E-state index is 5.08. The number of hydrogen-bond acceptors (Lipinski definition) is 3. The van der Waals surface area contributed by atoms with Crippen LogP contribution in [-0.4, -0.2) is 15.0 Å². The molecule has 46 heavy (non-hydrogen) atoms. The predicted octanol–water partition coefficient (Wildman–Crippen LogP) is 11.8. The predicted molar refractivity (Wildman–Crippen MR) is 196 cm³/mol. The smallest absolute Gasteiger partial charge is 0.160 e. The summed E-state index contributed by atoms with van der Waals surface area (Å²) >= 11 is 1.90. The Kier molecular flexibility index (Phi) is 5.45. The number of aromatic nitrogens is 3. The summed E-state index contributed by atoms with van der Waals surface area (Å²) in [7, 11) is 0. The Morgan fingerprint density at radius 2 is 1.04 bits per heavy atom. The van der Waals surface area contributed by atoms with Gasteiger partial charge in [0.25, 0.3) is 0 Å². The average molecular weight is 604 g/mol. The lowest BCUT2D eigenvalue weighted by atomic mass is 9.94. The standard InChI is InChI=1S/C42H25N3S/c1-3-11-25(12-4-1)34-24-35(45-42(44-34)26-13-5-2-6-14-26)27-19-20-30-36(23-27)43-33-22-21-32-38(40(30)33)28-15-7-8-16-29(28)39-31-17-9-10-18-37(31)46-41(32)39/h1-24,43H. The van der Waals surface area contributed by atoms with Crippen molar-refractivity contribution in [3.05, 3.63) is 146 Å². The van der Waals surface area contributed by atoms with E-state index in [0.717, 1.165) is 44.9 Å². The fourth-order valence-electron chi connectivity index (χ4n) is 7.12. The van der Waals surface area contributed by atoms with Gasteiger partial charge in [0.05, 0.1) is 11.4 Å². The molecule has 10 aromatic rings. The monoisotopic (exact) mass is 603 g/mol. The molecule has 1 N–H and O–H groups in total. The minimum Gasteiger partial charge on any atom is -0.354 e. The highest BCUT2D eigenvalue weighted by molar-refractivity contribution is 7.27. The van der Waals surface area contributed by atoms with E-state index >= 15 is 0 Å². The quantitative estimate of drug-likeness (QED) is 0.204. The van der Waals surface area contributed by atoms with Crippen LogP contribution in [0.1, 0.15) is 0 Å². The van der Waals surface area contributed by atoms with Gasteiger partial charge < -0.3 is 4.98 Å². The Morgan fingerprint density at radius 3 is 1.83 bits per heavy atom. The maximum Gasteiger partial charge on any atom is 0.160 e. The minimum absolute atomic E-state index is 0.721. The van der Waals surface area contributed by atoms with Crippen LogP contribution in [0.4, 0.5) is 0 Å². The Hall–Kier alpha value is -5.84. The zero-order valence-corrected chi connectivity index (χ0v) is 25.5. The molecule has 0 fully saturated rings. The first kappa shape index (κ1) is 25.5. The molecule has 0 amide bonds. The average Bonchev–Trinajstić information content (AvgIpc) is 3.71. The van der Waals surface area contributed by atoms with Gasteiger partial charge in [-0.2, -0.15) is 0 Å². The van der Waals surface area contributed by atoms with Crippen molar-refractivity contribution in [2.75, 3.05) is 0 Å². The van der Waals surface area contributed by atoms with Crippen LogP contribution in [-0.2, 0) is 0 Å². The van der Waals surface area contributed by atoms with Gasteiger partial charge in [0, 0.05) is 69.4 Å². The molecule has 214 valence electrons. The Morgan fingerprint density at radius 1 is 0.413 bits per heavy atom. The third kappa shape index (κ3) is 3.77. The molecule has 0 unspecified atom stereocenters. The van der Waals surface area contributed by atoms with Crippen LogP contribution < -0.4 is 0 Å². The van der Waals surface area contributed by atoms with Crippen LogP contribution >= 0.6 is 11.3 Å². The molecule has 0 atom stereocenters. The summed E-state index contributed by atoms with van der Waals surface area (Å²) in [6.45, 7) is 0. The van der Waals surface area contributed by atoms with E-state index in [0.29, 0.717) is 0 Å². The normalized spacial score (nSPS) is 11.9. The summed E-state index contributed by atoms with van der Waals surface area (Å²) in [5.74, 6) is 0.721. The number of H-pyrrole nitrogens is 1. The topological polar surface area (TPSA) is 41.6 Å². The first-order valence-corrected chi connectivity index (χ1v) is 16.3. The molecule has 4 heteroatoms. The van der Waals surface area contributed by atoms with E-state index in [1.807, 2.05) is 35.6 Å². The van der Waals surface area contributed by atoms with E-state index in [-0.39, 0.29) is 0 Å². The van der Waals surface area contributed by atoms with Gasteiger partial charge in [-0.3, -0.25) is 0 Å². The van der Waals surface area contributed by atoms with Gasteiger partial charge in [-0.15, -0.1) is 11.3 Å². The third-order valence-electron chi connectivity index (χ3n) is 9.19. The number of benzene rings is 7. The number of thiophene rings is 1. The van der Waals surface area contributed by atoms with Crippen LogP contribution in [0, 0.1) is 0 Å². The molecule has 3 heterocycles. The van der Waals surface area contributed by atoms with E-state index in [4.69, 9.17) is 9.97 Å². The molecule has 0 aliphatic carbocycles. The molecule has 3 aromatic heterocycles. The number of hydrogen-bond donors (Lipinski definition) is 1. The number of nitrogens with zero attached hydrogens (tertiary/aromatic N) is 2. The molecule has 0 saturated carbocycles. The highest BCUT2D eigenvalue weighted by atomic mass is 32.1. The number of rotatable bonds is 3. The van der Waals surface area contributed by atoms with Crippen LogP contribution in [0.25, 0.3) is 97.4 Å². The second-order valence-electron chi connectivity index (χ2n) is 11.8. The van der Waals surface area contributed by atoms with Crippen molar-refractivity contribution >= 4 is 74.9 Å². The van der Waals surface area contributed by atoms with Crippen LogP contribution in [0.5, 0.6) is 0 Å². The second kappa shape index (κ2) is 9.83. The van der Waals surface area contributed by atoms with Gasteiger partial charge in [-0.1, -0.05) is 121 Å². The molecule has 7 aromatic carbocycles. The van der Waals surface area contributed by atoms with Crippen molar-refractivity contribution in [3.8, 4) is 33.9 Å². The van der Waals surface area contributed by atoms with Crippen molar-refractivity contribution in [1.29, 1.82) is 0 Å². The molecular weight excluding hydrogens is 579 g/mol. The van der Waals surface area contributed by atoms with Gasteiger partial charge in [-0.25, -0.2) is 9.97 Å². The summed E-state index contributed by atoms with van der Waals surface area (Å²) < 4.78 is 2.68. The van der Waals surface area contributed by atoms with Gasteiger partial charge in [0.15, 0.2) is 5.82 Å². The molecule has 0 spiro atoms. The maximum absolute atomic E-state index is 5.08. The van der Waals surface area contributed by atoms with E-state index in [9.17, 15) is 0 Å². The summed E-state index contributed by atoms with van der Waals surface area (Å²) in [4.78, 5) is 13.8. The van der Waals surface area contributed by atoms with E-state index in [1.54, 1.807) is 0 Å². The molecule has 0 aliphatic heterocycles. The molecule has 0 radical (unpaired) electrons. The first-order chi connectivity index (χ1) is 22.8. The molecule has 10 rings (SSSR count). The van der Waals surface area contributed by atoms with Crippen molar-refractivity contribution in [1.82, 2.24) is 15.0 Å². The largest absolute Gasteiger partial charge is 0.354 e. The molecule has 0 aliphatic rings.